The van der Waals surface area contributed by atoms with Gasteiger partial charge in [0.15, 0.2) is 0 Å². The maximum Gasteiger partial charge on any atom is 0.128 e. The molecular weight excluding hydrogens is 358 g/mol. The lowest BCUT2D eigenvalue weighted by atomic mass is 9.99. The first-order valence-electron chi connectivity index (χ1n) is 9.17. The Morgan fingerprint density at radius 3 is 2.14 bits per heavy atom. The number of nitrogens with zero attached hydrogens (tertiary/aromatic N) is 2. The van der Waals surface area contributed by atoms with Crippen LogP contribution in [0.25, 0.3) is 0 Å². The van der Waals surface area contributed by atoms with Gasteiger partial charge in [-0.3, -0.25) is 10.4 Å². The number of nitrogens with one attached hydrogen (secondary N) is 1. The molecule has 2 aromatic rings. The van der Waals surface area contributed by atoms with Crippen LogP contribution in [0.3, 0.4) is 0 Å². The zero-order chi connectivity index (χ0) is 20.4. The van der Waals surface area contributed by atoms with Crippen molar-refractivity contribution in [3.05, 3.63) is 66.2 Å². The molecule has 0 bridgehead atoms. The van der Waals surface area contributed by atoms with E-state index in [1.54, 1.807) is 19.1 Å². The van der Waals surface area contributed by atoms with Crippen molar-refractivity contribution in [1.82, 2.24) is 0 Å². The minimum atomic E-state index is -1.62. The predicted octanol–water partition coefficient (Wildman–Crippen LogP) is 1.58. The van der Waals surface area contributed by atoms with Crippen LogP contribution in [-0.2, 0) is 6.54 Å². The first-order chi connectivity index (χ1) is 13.5. The third-order valence-corrected chi connectivity index (χ3v) is 4.22. The minimum absolute atomic E-state index is 0.0367. The highest BCUT2D eigenvalue weighted by Crippen LogP contribution is 2.11. The molecule has 2 aromatic carbocycles. The molecule has 0 aliphatic carbocycles. The van der Waals surface area contributed by atoms with E-state index < -0.39 is 24.4 Å². The second-order valence-corrected chi connectivity index (χ2v) is 6.37. The van der Waals surface area contributed by atoms with Crippen LogP contribution >= 0.6 is 0 Å². The second-order valence-electron chi connectivity index (χ2n) is 6.37. The fourth-order valence-electron chi connectivity index (χ4n) is 2.47. The third-order valence-electron chi connectivity index (χ3n) is 4.22. The Morgan fingerprint density at radius 1 is 0.929 bits per heavy atom. The molecule has 0 radical (unpaired) electrons. The average molecular weight is 385 g/mol. The zero-order valence-electron chi connectivity index (χ0n) is 15.8. The van der Waals surface area contributed by atoms with Gasteiger partial charge in [-0.25, -0.2) is 0 Å². The standard InChI is InChI=1S/C21H27N3O4/c1-2-18(25)20(27)21(28)19(26)17(24-23-16-11-7-4-8-12-16)14-22-13-15-9-5-3-6-10-15/h3-12,14,18-21,23,25-28H,2,13H2,1H3/b22-14?,24-17+/t18-,19-,20-,21-/m1/s1. The Labute approximate surface area is 164 Å². The van der Waals surface area contributed by atoms with Crippen LogP contribution in [0.15, 0.2) is 70.8 Å². The molecule has 0 amide bonds. The van der Waals surface area contributed by atoms with Crippen LogP contribution in [0, 0.1) is 0 Å². The molecule has 5 N–H and O–H groups in total. The largest absolute Gasteiger partial charge is 0.390 e. The maximum atomic E-state index is 10.5. The average Bonchev–Trinajstić information content (AvgIpc) is 2.75. The van der Waals surface area contributed by atoms with E-state index >= 15 is 0 Å². The Hall–Kier alpha value is -2.58. The van der Waals surface area contributed by atoms with E-state index in [4.69, 9.17) is 0 Å². The van der Waals surface area contributed by atoms with Crippen molar-refractivity contribution in [2.45, 2.75) is 44.3 Å². The van der Waals surface area contributed by atoms with Crippen molar-refractivity contribution in [2.24, 2.45) is 10.1 Å². The Balaban J connectivity index is 2.16. The Kier molecular flexibility index (Phi) is 8.77. The summed E-state index contributed by atoms with van der Waals surface area (Å²) in [7, 11) is 0. The van der Waals surface area contributed by atoms with E-state index in [-0.39, 0.29) is 12.1 Å². The summed E-state index contributed by atoms with van der Waals surface area (Å²) in [6.45, 7) is 2.04. The van der Waals surface area contributed by atoms with Crippen molar-refractivity contribution in [3.63, 3.8) is 0 Å². The number of hydrazone groups is 1. The van der Waals surface area contributed by atoms with Crippen LogP contribution in [0.4, 0.5) is 5.69 Å². The molecule has 0 spiro atoms. The summed E-state index contributed by atoms with van der Waals surface area (Å²) >= 11 is 0. The normalized spacial score (nSPS) is 16.5. The molecule has 0 aromatic heterocycles. The van der Waals surface area contributed by atoms with Gasteiger partial charge in [0.05, 0.1) is 18.3 Å². The van der Waals surface area contributed by atoms with Gasteiger partial charge in [-0.2, -0.15) is 5.10 Å². The molecule has 0 fully saturated rings. The van der Waals surface area contributed by atoms with Crippen molar-refractivity contribution in [2.75, 3.05) is 5.43 Å². The molecule has 7 heteroatoms. The number of aliphatic hydroxyl groups excluding tert-OH is 4. The monoisotopic (exact) mass is 385 g/mol. The highest BCUT2D eigenvalue weighted by atomic mass is 16.4. The van der Waals surface area contributed by atoms with Gasteiger partial charge >= 0.3 is 0 Å². The van der Waals surface area contributed by atoms with Gasteiger partial charge < -0.3 is 20.4 Å². The van der Waals surface area contributed by atoms with Gasteiger partial charge in [0.25, 0.3) is 0 Å². The number of aliphatic imine (C=N–C) groups is 1. The molecule has 0 heterocycles. The quantitative estimate of drug-likeness (QED) is 0.314. The highest BCUT2D eigenvalue weighted by Gasteiger charge is 2.32. The molecule has 4 atom stereocenters. The lowest BCUT2D eigenvalue weighted by Crippen LogP contribution is -2.48. The van der Waals surface area contributed by atoms with Gasteiger partial charge in [-0.1, -0.05) is 55.5 Å². The summed E-state index contributed by atoms with van der Waals surface area (Å²) < 4.78 is 0. The van der Waals surface area contributed by atoms with Crippen molar-refractivity contribution in [3.8, 4) is 0 Å². The molecule has 0 saturated carbocycles. The third kappa shape index (κ3) is 6.54. The highest BCUT2D eigenvalue weighted by molar-refractivity contribution is 6.32. The molecular formula is C21H27N3O4. The fourth-order valence-corrected chi connectivity index (χ4v) is 2.47. The molecule has 2 rings (SSSR count). The predicted molar refractivity (Wildman–Crippen MR) is 110 cm³/mol. The van der Waals surface area contributed by atoms with Crippen molar-refractivity contribution in [1.29, 1.82) is 0 Å². The van der Waals surface area contributed by atoms with Crippen LogP contribution in [-0.4, -0.2) is 56.8 Å². The number of anilines is 1. The number of hydrogen-bond donors (Lipinski definition) is 5. The minimum Gasteiger partial charge on any atom is -0.390 e. The summed E-state index contributed by atoms with van der Waals surface area (Å²) in [5.74, 6) is 0. The van der Waals surface area contributed by atoms with E-state index in [1.165, 1.54) is 6.21 Å². The summed E-state index contributed by atoms with van der Waals surface area (Å²) in [6.07, 6.45) is -4.23. The molecule has 28 heavy (non-hydrogen) atoms. The molecule has 0 aliphatic heterocycles. The first-order valence-corrected chi connectivity index (χ1v) is 9.17. The number of aliphatic hydroxyl groups is 4. The smallest absolute Gasteiger partial charge is 0.128 e. The van der Waals surface area contributed by atoms with Crippen molar-refractivity contribution < 1.29 is 20.4 Å². The first kappa shape index (κ1) is 21.7. The van der Waals surface area contributed by atoms with E-state index in [0.717, 1.165) is 5.56 Å². The number of rotatable bonds is 10. The van der Waals surface area contributed by atoms with Crippen LogP contribution in [0.1, 0.15) is 18.9 Å². The molecule has 0 unspecified atom stereocenters. The molecule has 7 nitrogen and oxygen atoms in total. The van der Waals surface area contributed by atoms with Gasteiger partial charge in [0, 0.05) is 6.21 Å². The Bertz CT molecular complexity index is 753. The summed E-state index contributed by atoms with van der Waals surface area (Å²) in [5.41, 5.74) is 4.49. The van der Waals surface area contributed by atoms with Gasteiger partial charge in [-0.05, 0) is 24.1 Å². The van der Waals surface area contributed by atoms with Crippen LogP contribution < -0.4 is 5.43 Å². The lowest BCUT2D eigenvalue weighted by molar-refractivity contribution is -0.0888. The number of benzene rings is 2. The van der Waals surface area contributed by atoms with E-state index in [2.05, 4.69) is 15.5 Å². The molecule has 0 saturated heterocycles. The molecule has 0 aliphatic rings. The fraction of sp³-hybridized carbons (Fsp3) is 0.333. The Morgan fingerprint density at radius 2 is 1.54 bits per heavy atom. The van der Waals surface area contributed by atoms with Crippen LogP contribution in [0.5, 0.6) is 0 Å². The number of para-hydroxylation sites is 1. The summed E-state index contributed by atoms with van der Waals surface area (Å²) in [4.78, 5) is 4.27. The molecule has 150 valence electrons. The SMILES string of the molecule is CC[C@@H](O)[C@@H](O)[C@H](O)[C@H](O)/C(C=NCc1ccccc1)=N/Nc1ccccc1. The van der Waals surface area contributed by atoms with E-state index in [9.17, 15) is 20.4 Å². The van der Waals surface area contributed by atoms with Gasteiger partial charge in [0.2, 0.25) is 0 Å². The topological polar surface area (TPSA) is 118 Å². The zero-order valence-corrected chi connectivity index (χ0v) is 15.8. The van der Waals surface area contributed by atoms with E-state index in [1.807, 2.05) is 48.5 Å². The van der Waals surface area contributed by atoms with E-state index in [0.29, 0.717) is 12.2 Å². The second kappa shape index (κ2) is 11.3. The summed E-state index contributed by atoms with van der Waals surface area (Å²) in [5, 5.41) is 44.6. The lowest BCUT2D eigenvalue weighted by Gasteiger charge is -2.25. The number of hydrogen-bond acceptors (Lipinski definition) is 7. The summed E-state index contributed by atoms with van der Waals surface area (Å²) in [6, 6.07) is 18.6. The maximum absolute atomic E-state index is 10.5. The van der Waals surface area contributed by atoms with Gasteiger partial charge in [0.1, 0.15) is 24.0 Å². The van der Waals surface area contributed by atoms with Crippen LogP contribution in [0.2, 0.25) is 0 Å². The van der Waals surface area contributed by atoms with Gasteiger partial charge in [-0.15, -0.1) is 0 Å². The van der Waals surface area contributed by atoms with Crippen molar-refractivity contribution >= 4 is 17.6 Å².